The highest BCUT2D eigenvalue weighted by Gasteiger charge is 2.35. The van der Waals surface area contributed by atoms with Crippen LogP contribution in [0, 0.1) is 0 Å². The summed E-state index contributed by atoms with van der Waals surface area (Å²) >= 11 is 0. The summed E-state index contributed by atoms with van der Waals surface area (Å²) in [4.78, 5) is 2.39. The van der Waals surface area contributed by atoms with Gasteiger partial charge in [-0.1, -0.05) is 172 Å². The van der Waals surface area contributed by atoms with E-state index in [1.807, 2.05) is 0 Å². The predicted molar refractivity (Wildman–Crippen MR) is 246 cm³/mol. The van der Waals surface area contributed by atoms with E-state index in [1.54, 1.807) is 0 Å². The topological polar surface area (TPSA) is 12.5 Å². The van der Waals surface area contributed by atoms with Crippen molar-refractivity contribution in [1.82, 2.24) is 0 Å². The molecule has 0 fully saturated rings. The van der Waals surface area contributed by atoms with Gasteiger partial charge in [-0.25, -0.2) is 0 Å². The van der Waals surface area contributed by atoms with Crippen LogP contribution >= 0.6 is 0 Å². The van der Waals surface area contributed by atoms with Crippen molar-refractivity contribution in [1.29, 1.82) is 0 Å². The van der Waals surface area contributed by atoms with E-state index in [0.29, 0.717) is 0 Å². The maximum Gasteiger partial charge on any atom is 0.135 e. The first kappa shape index (κ1) is 34.8. The van der Waals surface area contributed by atoms with Crippen molar-refractivity contribution in [2.75, 3.05) is 4.90 Å². The zero-order chi connectivity index (χ0) is 39.5. The second-order valence-corrected chi connectivity index (χ2v) is 16.1. The Morgan fingerprint density at radius 2 is 0.831 bits per heavy atom. The molecule has 59 heavy (non-hydrogen) atoms. The van der Waals surface area contributed by atoms with Gasteiger partial charge in [-0.05, 0) is 116 Å². The van der Waals surface area contributed by atoms with Crippen molar-refractivity contribution in [3.8, 4) is 78.3 Å². The maximum atomic E-state index is 6.83. The van der Waals surface area contributed by atoms with Crippen LogP contribution in [-0.4, -0.2) is 0 Å². The van der Waals surface area contributed by atoms with Crippen LogP contribution in [0.5, 0.6) is 11.5 Å². The van der Waals surface area contributed by atoms with Crippen LogP contribution in [0.15, 0.2) is 212 Å². The molecule has 1 heterocycles. The normalized spacial score (nSPS) is 12.8. The molecular weight excluding hydrogens is 715 g/mol. The molecule has 2 heteroatoms. The van der Waals surface area contributed by atoms with Gasteiger partial charge in [0, 0.05) is 39.2 Å². The molecule has 0 saturated heterocycles. The highest BCUT2D eigenvalue weighted by atomic mass is 16.5. The monoisotopic (exact) mass is 755 g/mol. The number of para-hydroxylation sites is 1. The van der Waals surface area contributed by atoms with E-state index in [1.165, 1.54) is 55.6 Å². The molecule has 0 saturated carbocycles. The summed E-state index contributed by atoms with van der Waals surface area (Å²) in [5.74, 6) is 1.71. The average molecular weight is 756 g/mol. The molecule has 1 aliphatic heterocycles. The first-order chi connectivity index (χ1) is 29.0. The minimum atomic E-state index is -0.106. The fraction of sp³-hybridized carbons (Fsp3) is 0.0526. The molecule has 0 radical (unpaired) electrons. The lowest BCUT2D eigenvalue weighted by atomic mass is 9.82. The standard InChI is InChI=1S/C57H41NO/c1-57(2)52-22-11-9-18-47(52)48-35-33-45(37-53(48)57)58(43-29-24-39(25-30-43)38-14-5-3-6-15-38)44-31-26-40(27-32-44)42-28-34-51-55(36-42)59-54-23-12-10-19-49(54)50-21-13-20-46(56(50)51)41-16-7-4-8-17-41/h3-37H,1-2H3. The van der Waals surface area contributed by atoms with Crippen LogP contribution < -0.4 is 9.64 Å². The third-order valence-electron chi connectivity index (χ3n) is 12.3. The first-order valence-electron chi connectivity index (χ1n) is 20.4. The van der Waals surface area contributed by atoms with Crippen LogP contribution in [0.4, 0.5) is 17.1 Å². The lowest BCUT2D eigenvalue weighted by molar-refractivity contribution is 0.488. The van der Waals surface area contributed by atoms with E-state index in [9.17, 15) is 0 Å². The van der Waals surface area contributed by atoms with E-state index in [4.69, 9.17) is 4.74 Å². The summed E-state index contributed by atoms with van der Waals surface area (Å²) in [7, 11) is 0. The van der Waals surface area contributed by atoms with Crippen molar-refractivity contribution < 1.29 is 4.74 Å². The van der Waals surface area contributed by atoms with E-state index in [-0.39, 0.29) is 5.41 Å². The summed E-state index contributed by atoms with van der Waals surface area (Å²) in [6, 6.07) is 76.6. The minimum Gasteiger partial charge on any atom is -0.456 e. The molecule has 1 aliphatic carbocycles. The van der Waals surface area contributed by atoms with Crippen molar-refractivity contribution in [2.45, 2.75) is 19.3 Å². The number of fused-ring (bicyclic) bond motifs is 8. The molecule has 0 atom stereocenters. The molecule has 0 spiro atoms. The summed E-state index contributed by atoms with van der Waals surface area (Å²) in [5.41, 5.74) is 20.2. The van der Waals surface area contributed by atoms with Gasteiger partial charge in [0.05, 0.1) is 0 Å². The molecule has 2 nitrogen and oxygen atoms in total. The Hall–Kier alpha value is -7.42. The predicted octanol–water partition coefficient (Wildman–Crippen LogP) is 15.9. The lowest BCUT2D eigenvalue weighted by Crippen LogP contribution is -2.16. The smallest absolute Gasteiger partial charge is 0.135 e. The summed E-state index contributed by atoms with van der Waals surface area (Å²) in [6.07, 6.45) is 0. The van der Waals surface area contributed by atoms with Gasteiger partial charge in [0.25, 0.3) is 0 Å². The Balaban J connectivity index is 1.00. The number of hydrogen-bond donors (Lipinski definition) is 0. The third kappa shape index (κ3) is 5.87. The summed E-state index contributed by atoms with van der Waals surface area (Å²) in [6.45, 7) is 4.69. The van der Waals surface area contributed by atoms with Gasteiger partial charge in [0.15, 0.2) is 0 Å². The van der Waals surface area contributed by atoms with Crippen molar-refractivity contribution in [2.24, 2.45) is 0 Å². The molecule has 9 aromatic rings. The SMILES string of the molecule is CC1(C)c2ccccc2-c2ccc(N(c3ccc(-c4ccccc4)cc3)c3ccc(-c4ccc5c(c4)Oc4ccccc4-c4cccc(-c6ccccc6)c4-5)cc3)cc21. The molecule has 2 aliphatic rings. The molecule has 9 aromatic carbocycles. The molecule has 280 valence electrons. The Morgan fingerprint density at radius 3 is 1.56 bits per heavy atom. The van der Waals surface area contributed by atoms with Gasteiger partial charge in [-0.2, -0.15) is 0 Å². The fourth-order valence-electron chi connectivity index (χ4n) is 9.33. The average Bonchev–Trinajstić information content (AvgIpc) is 3.42. The van der Waals surface area contributed by atoms with Gasteiger partial charge in [-0.3, -0.25) is 0 Å². The van der Waals surface area contributed by atoms with E-state index in [0.717, 1.165) is 50.8 Å². The molecule has 0 aromatic heterocycles. The number of hydrogen-bond acceptors (Lipinski definition) is 2. The van der Waals surface area contributed by atoms with Crippen LogP contribution in [0.1, 0.15) is 25.0 Å². The second kappa shape index (κ2) is 13.9. The van der Waals surface area contributed by atoms with Gasteiger partial charge in [0.1, 0.15) is 11.5 Å². The highest BCUT2D eigenvalue weighted by Crippen LogP contribution is 2.52. The Labute approximate surface area is 346 Å². The van der Waals surface area contributed by atoms with Gasteiger partial charge in [0.2, 0.25) is 0 Å². The quantitative estimate of drug-likeness (QED) is 0.168. The van der Waals surface area contributed by atoms with E-state index < -0.39 is 0 Å². The zero-order valence-electron chi connectivity index (χ0n) is 33.1. The molecule has 0 amide bonds. The Morgan fingerprint density at radius 1 is 0.322 bits per heavy atom. The molecular formula is C57H41NO. The van der Waals surface area contributed by atoms with Crippen molar-refractivity contribution >= 4 is 17.1 Å². The van der Waals surface area contributed by atoms with E-state index >= 15 is 0 Å². The first-order valence-corrected chi connectivity index (χ1v) is 20.4. The van der Waals surface area contributed by atoms with Crippen LogP contribution in [0.2, 0.25) is 0 Å². The van der Waals surface area contributed by atoms with E-state index in [2.05, 4.69) is 231 Å². The molecule has 0 bridgehead atoms. The highest BCUT2D eigenvalue weighted by molar-refractivity contribution is 5.99. The van der Waals surface area contributed by atoms with Crippen molar-refractivity contribution in [3.05, 3.63) is 223 Å². The number of nitrogens with zero attached hydrogens (tertiary/aromatic N) is 1. The number of benzene rings is 9. The maximum absolute atomic E-state index is 6.83. The van der Waals surface area contributed by atoms with Crippen LogP contribution in [0.3, 0.4) is 0 Å². The minimum absolute atomic E-state index is 0.106. The third-order valence-corrected chi connectivity index (χ3v) is 12.3. The van der Waals surface area contributed by atoms with Gasteiger partial charge in [-0.15, -0.1) is 0 Å². The van der Waals surface area contributed by atoms with Crippen LogP contribution in [-0.2, 0) is 5.41 Å². The van der Waals surface area contributed by atoms with Gasteiger partial charge >= 0.3 is 0 Å². The lowest BCUT2D eigenvalue weighted by Gasteiger charge is -2.28. The van der Waals surface area contributed by atoms with Crippen LogP contribution in [0.25, 0.3) is 66.8 Å². The largest absolute Gasteiger partial charge is 0.456 e. The number of ether oxygens (including phenoxy) is 1. The summed E-state index contributed by atoms with van der Waals surface area (Å²) in [5, 5.41) is 0. The summed E-state index contributed by atoms with van der Waals surface area (Å²) < 4.78 is 6.83. The fourth-order valence-corrected chi connectivity index (χ4v) is 9.33. The number of rotatable bonds is 6. The number of anilines is 3. The van der Waals surface area contributed by atoms with Gasteiger partial charge < -0.3 is 9.64 Å². The molecule has 11 rings (SSSR count). The molecule has 0 unspecified atom stereocenters. The molecule has 0 N–H and O–H groups in total. The van der Waals surface area contributed by atoms with Crippen molar-refractivity contribution in [3.63, 3.8) is 0 Å². The second-order valence-electron chi connectivity index (χ2n) is 16.1. The zero-order valence-corrected chi connectivity index (χ0v) is 33.1. The Bertz CT molecular complexity index is 3020. The Kier molecular flexibility index (Phi) is 8.20.